The van der Waals surface area contributed by atoms with Crippen LogP contribution in [-0.2, 0) is 4.74 Å². The topological polar surface area (TPSA) is 55.5 Å². The van der Waals surface area contributed by atoms with E-state index in [1.54, 1.807) is 0 Å². The van der Waals surface area contributed by atoms with E-state index in [1.165, 1.54) is 6.07 Å². The lowest BCUT2D eigenvalue weighted by Crippen LogP contribution is -2.18. The van der Waals surface area contributed by atoms with Crippen LogP contribution in [0.4, 0.5) is 8.78 Å². The van der Waals surface area contributed by atoms with E-state index < -0.39 is 17.7 Å². The van der Waals surface area contributed by atoms with Gasteiger partial charge in [0.2, 0.25) is 0 Å². The van der Waals surface area contributed by atoms with Crippen LogP contribution in [0.3, 0.4) is 0 Å². The van der Waals surface area contributed by atoms with E-state index in [0.717, 1.165) is 12.1 Å². The third kappa shape index (κ3) is 3.52. The molecule has 1 aromatic carbocycles. The molecule has 0 bridgehead atoms. The van der Waals surface area contributed by atoms with Crippen LogP contribution >= 0.6 is 0 Å². The molecular formula is C11H15F2NO2. The summed E-state index contributed by atoms with van der Waals surface area (Å²) >= 11 is 0. The van der Waals surface area contributed by atoms with Crippen molar-refractivity contribution < 1.29 is 18.6 Å². The van der Waals surface area contributed by atoms with Gasteiger partial charge in [-0.3, -0.25) is 0 Å². The van der Waals surface area contributed by atoms with Crippen LogP contribution in [0, 0.1) is 11.6 Å². The Balaban J connectivity index is 2.70. The summed E-state index contributed by atoms with van der Waals surface area (Å²) in [6.07, 6.45) is -0.147. The Morgan fingerprint density at radius 3 is 2.69 bits per heavy atom. The average molecular weight is 231 g/mol. The molecular weight excluding hydrogens is 216 g/mol. The molecule has 0 saturated carbocycles. The Morgan fingerprint density at radius 1 is 1.38 bits per heavy atom. The first-order chi connectivity index (χ1) is 7.69. The summed E-state index contributed by atoms with van der Waals surface area (Å²) < 4.78 is 31.3. The molecule has 0 aromatic heterocycles. The minimum atomic E-state index is -0.667. The molecule has 3 nitrogen and oxygen atoms in total. The third-order valence-electron chi connectivity index (χ3n) is 2.14. The van der Waals surface area contributed by atoms with Gasteiger partial charge in [-0.25, -0.2) is 8.78 Å². The van der Waals surface area contributed by atoms with Gasteiger partial charge in [-0.2, -0.15) is 0 Å². The van der Waals surface area contributed by atoms with E-state index in [0.29, 0.717) is 6.42 Å². The molecule has 0 amide bonds. The Morgan fingerprint density at radius 2 is 2.12 bits per heavy atom. The predicted molar refractivity (Wildman–Crippen MR) is 55.8 cm³/mol. The fourth-order valence-electron chi connectivity index (χ4n) is 1.34. The molecule has 0 aliphatic rings. The highest BCUT2D eigenvalue weighted by Crippen LogP contribution is 2.20. The van der Waals surface area contributed by atoms with E-state index in [1.807, 2.05) is 0 Å². The second kappa shape index (κ2) is 6.52. The smallest absolute Gasteiger partial charge is 0.131 e. The molecule has 1 rings (SSSR count). The SMILES string of the molecule is NCC(OCCCO)c1ccc(F)cc1F. The number of rotatable bonds is 6. The monoisotopic (exact) mass is 231 g/mol. The van der Waals surface area contributed by atoms with Crippen molar-refractivity contribution in [3.05, 3.63) is 35.4 Å². The number of aliphatic hydroxyl groups is 1. The molecule has 0 spiro atoms. The Hall–Kier alpha value is -1.04. The van der Waals surface area contributed by atoms with E-state index in [2.05, 4.69) is 0 Å². The number of aliphatic hydroxyl groups excluding tert-OH is 1. The van der Waals surface area contributed by atoms with E-state index >= 15 is 0 Å². The van der Waals surface area contributed by atoms with Gasteiger partial charge >= 0.3 is 0 Å². The quantitative estimate of drug-likeness (QED) is 0.727. The van der Waals surface area contributed by atoms with Gasteiger partial charge in [-0.05, 0) is 12.5 Å². The molecule has 1 atom stereocenters. The molecule has 0 aliphatic heterocycles. The summed E-state index contributed by atoms with van der Waals surface area (Å²) in [5.41, 5.74) is 5.68. The van der Waals surface area contributed by atoms with Crippen LogP contribution in [0.1, 0.15) is 18.1 Å². The zero-order valence-electron chi connectivity index (χ0n) is 8.83. The lowest BCUT2D eigenvalue weighted by molar-refractivity contribution is 0.0466. The third-order valence-corrected chi connectivity index (χ3v) is 2.14. The van der Waals surface area contributed by atoms with E-state index in [9.17, 15) is 8.78 Å². The van der Waals surface area contributed by atoms with Gasteiger partial charge < -0.3 is 15.6 Å². The standard InChI is InChI=1S/C11H15F2NO2/c12-8-2-3-9(10(13)6-8)11(7-14)16-5-1-4-15/h2-3,6,11,15H,1,4-5,7,14H2. The second-order valence-corrected chi connectivity index (χ2v) is 3.34. The van der Waals surface area contributed by atoms with Crippen molar-refractivity contribution in [2.45, 2.75) is 12.5 Å². The Kier molecular flexibility index (Phi) is 5.31. The second-order valence-electron chi connectivity index (χ2n) is 3.34. The van der Waals surface area contributed by atoms with Crippen LogP contribution in [0.15, 0.2) is 18.2 Å². The largest absolute Gasteiger partial charge is 0.396 e. The van der Waals surface area contributed by atoms with Crippen LogP contribution in [-0.4, -0.2) is 24.9 Å². The normalized spacial score (nSPS) is 12.8. The minimum absolute atomic E-state index is 0.00317. The number of nitrogens with two attached hydrogens (primary N) is 1. The highest BCUT2D eigenvalue weighted by Gasteiger charge is 2.15. The molecule has 3 N–H and O–H groups in total. The molecule has 0 saturated heterocycles. The molecule has 90 valence electrons. The zero-order chi connectivity index (χ0) is 12.0. The van der Waals surface area contributed by atoms with Crippen LogP contribution in [0.25, 0.3) is 0 Å². The fourth-order valence-corrected chi connectivity index (χ4v) is 1.34. The van der Waals surface area contributed by atoms with Crippen molar-refractivity contribution in [2.75, 3.05) is 19.8 Å². The van der Waals surface area contributed by atoms with Crippen molar-refractivity contribution in [1.82, 2.24) is 0 Å². The van der Waals surface area contributed by atoms with Crippen molar-refractivity contribution in [1.29, 1.82) is 0 Å². The molecule has 1 aromatic rings. The molecule has 16 heavy (non-hydrogen) atoms. The zero-order valence-corrected chi connectivity index (χ0v) is 8.83. The van der Waals surface area contributed by atoms with Crippen molar-refractivity contribution in [3.63, 3.8) is 0 Å². The number of hydrogen-bond acceptors (Lipinski definition) is 3. The highest BCUT2D eigenvalue weighted by atomic mass is 19.1. The Labute approximate surface area is 92.8 Å². The maximum Gasteiger partial charge on any atom is 0.131 e. The van der Waals surface area contributed by atoms with Crippen molar-refractivity contribution in [2.24, 2.45) is 5.73 Å². The van der Waals surface area contributed by atoms with Gasteiger partial charge in [0, 0.05) is 31.4 Å². The molecule has 0 aliphatic carbocycles. The summed E-state index contributed by atoms with van der Waals surface area (Å²) in [5, 5.41) is 8.58. The summed E-state index contributed by atoms with van der Waals surface area (Å²) in [6.45, 7) is 0.395. The molecule has 0 heterocycles. The van der Waals surface area contributed by atoms with E-state index in [-0.39, 0.29) is 25.3 Å². The van der Waals surface area contributed by atoms with Crippen LogP contribution < -0.4 is 5.73 Å². The fraction of sp³-hybridized carbons (Fsp3) is 0.455. The van der Waals surface area contributed by atoms with Crippen LogP contribution in [0.5, 0.6) is 0 Å². The maximum atomic E-state index is 13.4. The minimum Gasteiger partial charge on any atom is -0.396 e. The first-order valence-corrected chi connectivity index (χ1v) is 5.06. The summed E-state index contributed by atoms with van der Waals surface area (Å²) in [6, 6.07) is 3.28. The molecule has 1 unspecified atom stereocenters. The summed E-state index contributed by atoms with van der Waals surface area (Å²) in [4.78, 5) is 0. The van der Waals surface area contributed by atoms with Crippen LogP contribution in [0.2, 0.25) is 0 Å². The van der Waals surface area contributed by atoms with E-state index in [4.69, 9.17) is 15.6 Å². The number of ether oxygens (including phenoxy) is 1. The van der Waals surface area contributed by atoms with Gasteiger partial charge in [-0.15, -0.1) is 0 Å². The molecule has 0 fully saturated rings. The number of hydrogen-bond donors (Lipinski definition) is 2. The lowest BCUT2D eigenvalue weighted by Gasteiger charge is -2.16. The molecule has 0 radical (unpaired) electrons. The Bertz CT molecular complexity index is 334. The average Bonchev–Trinajstić information content (AvgIpc) is 2.26. The van der Waals surface area contributed by atoms with Gasteiger partial charge in [0.05, 0.1) is 6.10 Å². The van der Waals surface area contributed by atoms with Crippen molar-refractivity contribution in [3.8, 4) is 0 Å². The molecule has 5 heteroatoms. The van der Waals surface area contributed by atoms with Gasteiger partial charge in [0.25, 0.3) is 0 Å². The number of benzene rings is 1. The van der Waals surface area contributed by atoms with Gasteiger partial charge in [0.1, 0.15) is 11.6 Å². The number of halogens is 2. The first-order valence-electron chi connectivity index (χ1n) is 5.06. The summed E-state index contributed by atoms with van der Waals surface area (Å²) in [5.74, 6) is -1.30. The van der Waals surface area contributed by atoms with Gasteiger partial charge in [0.15, 0.2) is 0 Å². The first kappa shape index (κ1) is 13.0. The highest BCUT2D eigenvalue weighted by molar-refractivity contribution is 5.21. The maximum absolute atomic E-state index is 13.4. The van der Waals surface area contributed by atoms with Crippen molar-refractivity contribution >= 4 is 0 Å². The lowest BCUT2D eigenvalue weighted by atomic mass is 10.1. The summed E-state index contributed by atoms with van der Waals surface area (Å²) in [7, 11) is 0. The predicted octanol–water partition coefficient (Wildman–Crippen LogP) is 1.36. The van der Waals surface area contributed by atoms with Gasteiger partial charge in [-0.1, -0.05) is 6.07 Å².